The normalized spacial score (nSPS) is 14.2. The van der Waals surface area contributed by atoms with E-state index >= 15 is 0 Å². The first-order valence-electron chi connectivity index (χ1n) is 11.5. The Morgan fingerprint density at radius 2 is 1.55 bits per heavy atom. The zero-order chi connectivity index (χ0) is 24.0. The van der Waals surface area contributed by atoms with E-state index in [1.54, 1.807) is 13.8 Å². The second-order valence-corrected chi connectivity index (χ2v) is 8.73. The van der Waals surface area contributed by atoms with Gasteiger partial charge in [-0.05, 0) is 34.6 Å². The average Bonchev–Trinajstić information content (AvgIpc) is 3.12. The zero-order valence-corrected chi connectivity index (χ0v) is 19.3. The van der Waals surface area contributed by atoms with Gasteiger partial charge in [-0.1, -0.05) is 82.1 Å². The minimum atomic E-state index is -1.08. The van der Waals surface area contributed by atoms with Gasteiger partial charge in [0.15, 0.2) is 0 Å². The minimum Gasteiger partial charge on any atom is -0.480 e. The highest BCUT2D eigenvalue weighted by Gasteiger charge is 2.31. The second-order valence-electron chi connectivity index (χ2n) is 8.73. The number of aliphatic carboxylic acids is 1. The Labute approximate surface area is 194 Å². The van der Waals surface area contributed by atoms with Gasteiger partial charge in [0.05, 0.1) is 0 Å². The maximum atomic E-state index is 12.7. The van der Waals surface area contributed by atoms with Crippen LogP contribution in [0, 0.1) is 5.92 Å². The van der Waals surface area contributed by atoms with Crippen LogP contribution < -0.4 is 10.6 Å². The van der Waals surface area contributed by atoms with E-state index in [-0.39, 0.29) is 18.4 Å². The van der Waals surface area contributed by atoms with Crippen molar-refractivity contribution in [1.29, 1.82) is 0 Å². The molecule has 1 unspecified atom stereocenters. The Bertz CT molecular complexity index is 958. The Morgan fingerprint density at radius 3 is 2.06 bits per heavy atom. The van der Waals surface area contributed by atoms with Crippen molar-refractivity contribution in [2.45, 2.75) is 58.0 Å². The number of carbonyl (C=O) groups is 3. The van der Waals surface area contributed by atoms with Crippen LogP contribution in [0.1, 0.15) is 57.1 Å². The highest BCUT2D eigenvalue weighted by molar-refractivity contribution is 5.89. The molecule has 0 spiro atoms. The van der Waals surface area contributed by atoms with E-state index in [1.165, 1.54) is 0 Å². The summed E-state index contributed by atoms with van der Waals surface area (Å²) in [5, 5.41) is 14.6. The highest BCUT2D eigenvalue weighted by atomic mass is 16.5. The molecule has 0 saturated heterocycles. The quantitative estimate of drug-likeness (QED) is 0.498. The Kier molecular flexibility index (Phi) is 8.09. The summed E-state index contributed by atoms with van der Waals surface area (Å²) in [5.41, 5.74) is 4.47. The number of carbonyl (C=O) groups excluding carboxylic acids is 2. The first-order valence-corrected chi connectivity index (χ1v) is 11.5. The molecule has 0 aliphatic heterocycles. The first kappa shape index (κ1) is 24.3. The molecule has 7 nitrogen and oxygen atoms in total. The number of rotatable bonds is 10. The topological polar surface area (TPSA) is 105 Å². The molecule has 176 valence electrons. The fourth-order valence-corrected chi connectivity index (χ4v) is 4.23. The van der Waals surface area contributed by atoms with Crippen LogP contribution in [-0.2, 0) is 14.3 Å². The molecule has 2 aromatic rings. The third-order valence-corrected chi connectivity index (χ3v) is 6.03. The fourth-order valence-electron chi connectivity index (χ4n) is 4.23. The van der Waals surface area contributed by atoms with Gasteiger partial charge in [-0.2, -0.15) is 0 Å². The standard InChI is InChI=1S/C26H32N2O5/c1-4-5-14-22(25(30)31)27-24(29)23(16(2)3)28-26(32)33-15-21-19-12-8-6-10-17(19)18-11-7-9-13-20(18)21/h6-13,16,21-23H,4-5,14-15H2,1-3H3,(H,27,29)(H,28,32)(H,30,31)/t22-,23?/m0/s1. The van der Waals surface area contributed by atoms with E-state index in [1.807, 2.05) is 43.3 Å². The van der Waals surface area contributed by atoms with Crippen molar-refractivity contribution in [3.8, 4) is 11.1 Å². The number of hydrogen-bond acceptors (Lipinski definition) is 4. The summed E-state index contributed by atoms with van der Waals surface area (Å²) in [6, 6.07) is 14.2. The molecular formula is C26H32N2O5. The molecule has 0 fully saturated rings. The Morgan fingerprint density at radius 1 is 0.970 bits per heavy atom. The summed E-state index contributed by atoms with van der Waals surface area (Å²) in [7, 11) is 0. The van der Waals surface area contributed by atoms with Gasteiger partial charge in [-0.15, -0.1) is 0 Å². The first-order chi connectivity index (χ1) is 15.8. The molecule has 0 radical (unpaired) electrons. The molecule has 33 heavy (non-hydrogen) atoms. The van der Waals surface area contributed by atoms with Crippen LogP contribution in [0.15, 0.2) is 48.5 Å². The lowest BCUT2D eigenvalue weighted by molar-refractivity contribution is -0.142. The van der Waals surface area contributed by atoms with Crippen molar-refractivity contribution in [3.63, 3.8) is 0 Å². The number of benzene rings is 2. The van der Waals surface area contributed by atoms with E-state index in [2.05, 4.69) is 22.8 Å². The lowest BCUT2D eigenvalue weighted by Crippen LogP contribution is -2.53. The average molecular weight is 453 g/mol. The van der Waals surface area contributed by atoms with Crippen LogP contribution in [0.3, 0.4) is 0 Å². The van der Waals surface area contributed by atoms with Crippen molar-refractivity contribution < 1.29 is 24.2 Å². The number of carboxylic acids is 1. The predicted molar refractivity (Wildman–Crippen MR) is 126 cm³/mol. The highest BCUT2D eigenvalue weighted by Crippen LogP contribution is 2.44. The van der Waals surface area contributed by atoms with Crippen molar-refractivity contribution in [2.24, 2.45) is 5.92 Å². The van der Waals surface area contributed by atoms with Gasteiger partial charge in [-0.25, -0.2) is 9.59 Å². The molecule has 0 heterocycles. The molecule has 0 aromatic heterocycles. The molecule has 2 atom stereocenters. The smallest absolute Gasteiger partial charge is 0.407 e. The predicted octanol–water partition coefficient (Wildman–Crippen LogP) is 4.31. The molecule has 7 heteroatoms. The van der Waals surface area contributed by atoms with E-state index in [0.717, 1.165) is 28.7 Å². The van der Waals surface area contributed by atoms with Crippen LogP contribution in [-0.4, -0.2) is 41.8 Å². The number of alkyl carbamates (subject to hydrolysis) is 1. The van der Waals surface area contributed by atoms with Crippen molar-refractivity contribution in [1.82, 2.24) is 10.6 Å². The van der Waals surface area contributed by atoms with Crippen LogP contribution in [0.25, 0.3) is 11.1 Å². The lowest BCUT2D eigenvalue weighted by atomic mass is 9.98. The largest absolute Gasteiger partial charge is 0.480 e. The Balaban J connectivity index is 1.64. The molecule has 3 N–H and O–H groups in total. The monoisotopic (exact) mass is 452 g/mol. The van der Waals surface area contributed by atoms with Gasteiger partial charge in [0.25, 0.3) is 0 Å². The number of carboxylic acid groups (broad SMARTS) is 1. The molecular weight excluding hydrogens is 420 g/mol. The molecule has 0 bridgehead atoms. The summed E-state index contributed by atoms with van der Waals surface area (Å²) in [6.07, 6.45) is 1.15. The molecule has 1 aliphatic rings. The summed E-state index contributed by atoms with van der Waals surface area (Å²) >= 11 is 0. The van der Waals surface area contributed by atoms with Gasteiger partial charge >= 0.3 is 12.1 Å². The number of amides is 2. The molecule has 2 aromatic carbocycles. The van der Waals surface area contributed by atoms with E-state index in [4.69, 9.17) is 4.74 Å². The zero-order valence-electron chi connectivity index (χ0n) is 19.3. The molecule has 3 rings (SSSR count). The van der Waals surface area contributed by atoms with Crippen LogP contribution in [0.5, 0.6) is 0 Å². The van der Waals surface area contributed by atoms with Gasteiger partial charge < -0.3 is 20.5 Å². The summed E-state index contributed by atoms with van der Waals surface area (Å²) in [5.74, 6) is -1.94. The van der Waals surface area contributed by atoms with Crippen molar-refractivity contribution in [3.05, 3.63) is 59.7 Å². The van der Waals surface area contributed by atoms with Crippen molar-refractivity contribution >= 4 is 18.0 Å². The number of hydrogen-bond donors (Lipinski definition) is 3. The Hall–Kier alpha value is -3.35. The van der Waals surface area contributed by atoms with Gasteiger partial charge in [0.1, 0.15) is 18.7 Å². The van der Waals surface area contributed by atoms with Crippen LogP contribution >= 0.6 is 0 Å². The number of fused-ring (bicyclic) bond motifs is 3. The summed E-state index contributed by atoms with van der Waals surface area (Å²) < 4.78 is 5.54. The maximum absolute atomic E-state index is 12.7. The van der Waals surface area contributed by atoms with Gasteiger partial charge in [-0.3, -0.25) is 4.79 Å². The van der Waals surface area contributed by atoms with Gasteiger partial charge in [0, 0.05) is 5.92 Å². The van der Waals surface area contributed by atoms with Crippen LogP contribution in [0.2, 0.25) is 0 Å². The SMILES string of the molecule is CCCC[C@H](NC(=O)C(NC(=O)OCC1c2ccccc2-c2ccccc21)C(C)C)C(=O)O. The summed E-state index contributed by atoms with van der Waals surface area (Å²) in [6.45, 7) is 5.67. The second kappa shape index (κ2) is 11.0. The fraction of sp³-hybridized carbons (Fsp3) is 0.423. The number of nitrogens with one attached hydrogen (secondary N) is 2. The third kappa shape index (κ3) is 5.72. The number of ether oxygens (including phenoxy) is 1. The third-order valence-electron chi connectivity index (χ3n) is 6.03. The number of unbranched alkanes of at least 4 members (excludes halogenated alkanes) is 1. The molecule has 2 amide bonds. The minimum absolute atomic E-state index is 0.0834. The molecule has 0 saturated carbocycles. The maximum Gasteiger partial charge on any atom is 0.407 e. The van der Waals surface area contributed by atoms with Crippen molar-refractivity contribution in [2.75, 3.05) is 6.61 Å². The summed E-state index contributed by atoms with van der Waals surface area (Å²) in [4.78, 5) is 36.8. The van der Waals surface area contributed by atoms with E-state index in [9.17, 15) is 19.5 Å². The molecule has 1 aliphatic carbocycles. The van der Waals surface area contributed by atoms with Crippen LogP contribution in [0.4, 0.5) is 4.79 Å². The lowest BCUT2D eigenvalue weighted by Gasteiger charge is -2.24. The van der Waals surface area contributed by atoms with Gasteiger partial charge in [0.2, 0.25) is 5.91 Å². The van der Waals surface area contributed by atoms with E-state index in [0.29, 0.717) is 12.8 Å². The van der Waals surface area contributed by atoms with E-state index < -0.39 is 30.1 Å².